The summed E-state index contributed by atoms with van der Waals surface area (Å²) in [5.41, 5.74) is 1.50. The van der Waals surface area contributed by atoms with Crippen LogP contribution in [-0.2, 0) is 9.59 Å². The predicted octanol–water partition coefficient (Wildman–Crippen LogP) is 2.65. The van der Waals surface area contributed by atoms with Crippen LogP contribution in [0, 0.1) is 23.7 Å². The number of nitrogens with zero attached hydrogens (tertiary/aromatic N) is 2. The van der Waals surface area contributed by atoms with E-state index in [0.717, 1.165) is 12.0 Å². The van der Waals surface area contributed by atoms with Crippen molar-refractivity contribution in [3.05, 3.63) is 49.0 Å². The topological polar surface area (TPSA) is 63.4 Å². The van der Waals surface area contributed by atoms with Crippen LogP contribution >= 0.6 is 0 Å². The number of anilines is 1. The number of rotatable bonds is 2. The van der Waals surface area contributed by atoms with E-state index in [1.807, 2.05) is 12.1 Å². The molecule has 1 saturated heterocycles. The molecule has 3 aliphatic rings. The summed E-state index contributed by atoms with van der Waals surface area (Å²) in [6.45, 7) is 0. The molecule has 23 heavy (non-hydrogen) atoms. The lowest BCUT2D eigenvalue weighted by atomic mass is 9.85. The van der Waals surface area contributed by atoms with Crippen LogP contribution < -0.4 is 4.90 Å². The Morgan fingerprint density at radius 2 is 1.65 bits per heavy atom. The first kappa shape index (κ1) is 12.8. The molecule has 2 fully saturated rings. The van der Waals surface area contributed by atoms with Crippen LogP contribution in [0.25, 0.3) is 11.3 Å². The number of carbonyl (C=O) groups is 2. The number of allylic oxidation sites excluding steroid dienone is 2. The lowest BCUT2D eigenvalue weighted by Gasteiger charge is -2.17. The molecule has 0 spiro atoms. The smallest absolute Gasteiger partial charge is 0.238 e. The number of hydrogen-bond acceptors (Lipinski definition) is 4. The summed E-state index contributed by atoms with van der Waals surface area (Å²) in [5.74, 6) is 0.709. The van der Waals surface area contributed by atoms with Gasteiger partial charge in [0.25, 0.3) is 0 Å². The Morgan fingerprint density at radius 1 is 1.00 bits per heavy atom. The van der Waals surface area contributed by atoms with Gasteiger partial charge in [0.1, 0.15) is 0 Å². The van der Waals surface area contributed by atoms with Crippen LogP contribution in [0.15, 0.2) is 53.4 Å². The molecule has 5 nitrogen and oxygen atoms in total. The number of fused-ring (bicyclic) bond motifs is 5. The number of aromatic nitrogens is 1. The Hall–Kier alpha value is -2.69. The third-order valence-electron chi connectivity index (χ3n) is 5.31. The fourth-order valence-corrected chi connectivity index (χ4v) is 4.29. The molecule has 2 amide bonds. The summed E-state index contributed by atoms with van der Waals surface area (Å²) in [6.07, 6.45) is 8.17. The SMILES string of the molecule is O=C1[C@@H]2[C@H](C(=O)N1c1ccc(-c3cnco3)cc1)[C@@H]1C=C[C@@H]2C1. The molecule has 2 aromatic rings. The summed E-state index contributed by atoms with van der Waals surface area (Å²) < 4.78 is 5.26. The zero-order valence-corrected chi connectivity index (χ0v) is 12.3. The van der Waals surface area contributed by atoms with E-state index in [1.54, 1.807) is 18.3 Å². The summed E-state index contributed by atoms with van der Waals surface area (Å²) >= 11 is 0. The van der Waals surface area contributed by atoms with Gasteiger partial charge in [-0.1, -0.05) is 12.2 Å². The van der Waals surface area contributed by atoms with Crippen LogP contribution in [0.4, 0.5) is 5.69 Å². The maximum absolute atomic E-state index is 12.7. The van der Waals surface area contributed by atoms with E-state index in [1.165, 1.54) is 11.3 Å². The lowest BCUT2D eigenvalue weighted by Crippen LogP contribution is -2.32. The van der Waals surface area contributed by atoms with E-state index in [0.29, 0.717) is 11.4 Å². The standard InChI is InChI=1S/C18H14N2O3/c21-17-15-11-1-2-12(7-11)16(15)18(22)20(17)13-5-3-10(4-6-13)14-8-19-9-23-14/h1-6,8-9,11-12,15-16H,7H2/t11-,12-,15-,16+/m1/s1. The molecule has 114 valence electrons. The number of imide groups is 1. The molecule has 1 saturated carbocycles. The van der Waals surface area contributed by atoms with Crippen LogP contribution in [0.3, 0.4) is 0 Å². The van der Waals surface area contributed by atoms with E-state index in [9.17, 15) is 9.59 Å². The summed E-state index contributed by atoms with van der Waals surface area (Å²) in [4.78, 5) is 30.7. The fraction of sp³-hybridized carbons (Fsp3) is 0.278. The Balaban J connectivity index is 1.49. The highest BCUT2D eigenvalue weighted by Crippen LogP contribution is 2.53. The highest BCUT2D eigenvalue weighted by atomic mass is 16.3. The van der Waals surface area contributed by atoms with Gasteiger partial charge < -0.3 is 4.42 Å². The van der Waals surface area contributed by atoms with Crippen molar-refractivity contribution in [1.29, 1.82) is 0 Å². The maximum atomic E-state index is 12.7. The van der Waals surface area contributed by atoms with Gasteiger partial charge >= 0.3 is 0 Å². The largest absolute Gasteiger partial charge is 0.444 e. The number of benzene rings is 1. The minimum Gasteiger partial charge on any atom is -0.444 e. The van der Waals surface area contributed by atoms with Gasteiger partial charge in [-0.2, -0.15) is 0 Å². The minimum absolute atomic E-state index is 0.0516. The Kier molecular flexibility index (Phi) is 2.46. The summed E-state index contributed by atoms with van der Waals surface area (Å²) in [7, 11) is 0. The van der Waals surface area contributed by atoms with Crippen LogP contribution in [0.2, 0.25) is 0 Å². The van der Waals surface area contributed by atoms with Crippen molar-refractivity contribution < 1.29 is 14.0 Å². The first-order valence-corrected chi connectivity index (χ1v) is 7.79. The first-order valence-electron chi connectivity index (χ1n) is 7.79. The monoisotopic (exact) mass is 306 g/mol. The van der Waals surface area contributed by atoms with Gasteiger partial charge in [-0.15, -0.1) is 0 Å². The van der Waals surface area contributed by atoms with Crippen molar-refractivity contribution in [2.45, 2.75) is 6.42 Å². The second-order valence-corrected chi connectivity index (χ2v) is 6.42. The van der Waals surface area contributed by atoms with Crippen molar-refractivity contribution in [2.24, 2.45) is 23.7 Å². The van der Waals surface area contributed by atoms with Crippen LogP contribution in [0.5, 0.6) is 0 Å². The normalized spacial score (nSPS) is 31.2. The average molecular weight is 306 g/mol. The molecule has 5 rings (SSSR count). The van der Waals surface area contributed by atoms with Crippen molar-refractivity contribution >= 4 is 17.5 Å². The van der Waals surface area contributed by atoms with E-state index >= 15 is 0 Å². The summed E-state index contributed by atoms with van der Waals surface area (Å²) in [5, 5.41) is 0. The van der Waals surface area contributed by atoms with Crippen molar-refractivity contribution in [3.8, 4) is 11.3 Å². The molecule has 5 heteroatoms. The molecule has 1 aromatic carbocycles. The molecule has 1 aliphatic heterocycles. The van der Waals surface area contributed by atoms with Crippen molar-refractivity contribution in [1.82, 2.24) is 4.98 Å². The van der Waals surface area contributed by atoms with E-state index < -0.39 is 0 Å². The maximum Gasteiger partial charge on any atom is 0.238 e. The van der Waals surface area contributed by atoms with E-state index in [2.05, 4.69) is 17.1 Å². The average Bonchev–Trinajstić information content (AvgIpc) is 3.33. The molecule has 1 aromatic heterocycles. The van der Waals surface area contributed by atoms with Gasteiger partial charge in [0.05, 0.1) is 23.7 Å². The van der Waals surface area contributed by atoms with E-state index in [4.69, 9.17) is 4.42 Å². The molecule has 0 unspecified atom stereocenters. The van der Waals surface area contributed by atoms with E-state index in [-0.39, 0.29) is 35.5 Å². The molecule has 2 heterocycles. The Labute approximate surface area is 132 Å². The van der Waals surface area contributed by atoms with Crippen molar-refractivity contribution in [2.75, 3.05) is 4.90 Å². The summed E-state index contributed by atoms with van der Waals surface area (Å²) in [6, 6.07) is 7.28. The Morgan fingerprint density at radius 3 is 2.22 bits per heavy atom. The number of hydrogen-bond donors (Lipinski definition) is 0. The molecule has 4 atom stereocenters. The fourth-order valence-electron chi connectivity index (χ4n) is 4.29. The van der Waals surface area contributed by atoms with Gasteiger partial charge in [0, 0.05) is 5.56 Å². The molecule has 0 N–H and O–H groups in total. The highest BCUT2D eigenvalue weighted by Gasteiger charge is 2.59. The minimum atomic E-state index is -0.161. The first-order chi connectivity index (χ1) is 11.2. The zero-order chi connectivity index (χ0) is 15.6. The quantitative estimate of drug-likeness (QED) is 0.632. The predicted molar refractivity (Wildman–Crippen MR) is 82.1 cm³/mol. The van der Waals surface area contributed by atoms with Crippen LogP contribution in [-0.4, -0.2) is 16.8 Å². The van der Waals surface area contributed by atoms with Crippen molar-refractivity contribution in [3.63, 3.8) is 0 Å². The molecule has 2 aliphatic carbocycles. The number of carbonyl (C=O) groups excluding carboxylic acids is 2. The third kappa shape index (κ3) is 1.64. The molecule has 0 radical (unpaired) electrons. The molecular formula is C18H14N2O3. The van der Waals surface area contributed by atoms with Gasteiger partial charge in [-0.05, 0) is 42.5 Å². The Bertz CT molecular complexity index is 792. The highest BCUT2D eigenvalue weighted by molar-refractivity contribution is 6.22. The second kappa shape index (κ2) is 4.41. The number of amides is 2. The number of oxazole rings is 1. The van der Waals surface area contributed by atoms with Crippen LogP contribution in [0.1, 0.15) is 6.42 Å². The van der Waals surface area contributed by atoms with Gasteiger partial charge in [0.2, 0.25) is 11.8 Å². The van der Waals surface area contributed by atoms with Gasteiger partial charge in [-0.3, -0.25) is 14.5 Å². The van der Waals surface area contributed by atoms with Gasteiger partial charge in [-0.25, -0.2) is 4.98 Å². The second-order valence-electron chi connectivity index (χ2n) is 6.42. The third-order valence-corrected chi connectivity index (χ3v) is 5.31. The zero-order valence-electron chi connectivity index (χ0n) is 12.3. The molecule has 2 bridgehead atoms. The molecular weight excluding hydrogens is 292 g/mol. The van der Waals surface area contributed by atoms with Gasteiger partial charge in [0.15, 0.2) is 12.2 Å². The lowest BCUT2D eigenvalue weighted by molar-refractivity contribution is -0.123.